The first-order valence-corrected chi connectivity index (χ1v) is 6.40. The van der Waals surface area contributed by atoms with E-state index in [0.717, 1.165) is 11.7 Å². The molecule has 0 saturated carbocycles. The maximum Gasteiger partial charge on any atom is 0.129 e. The van der Waals surface area contributed by atoms with Gasteiger partial charge in [-0.2, -0.15) is 0 Å². The zero-order valence-corrected chi connectivity index (χ0v) is 10.9. The van der Waals surface area contributed by atoms with E-state index < -0.39 is 0 Å². The van der Waals surface area contributed by atoms with E-state index in [-0.39, 0.29) is 0 Å². The smallest absolute Gasteiger partial charge is 0.129 e. The van der Waals surface area contributed by atoms with Gasteiger partial charge in [-0.3, -0.25) is 4.90 Å². The molecule has 1 aromatic rings. The molecule has 15 heavy (non-hydrogen) atoms. The summed E-state index contributed by atoms with van der Waals surface area (Å²) in [6.07, 6.45) is 3.84. The lowest BCUT2D eigenvalue weighted by Gasteiger charge is -2.34. The normalized spacial score (nSPS) is 30.1. The summed E-state index contributed by atoms with van der Waals surface area (Å²) in [5.41, 5.74) is 0. The predicted molar refractivity (Wildman–Crippen MR) is 68.8 cm³/mol. The van der Waals surface area contributed by atoms with Crippen LogP contribution in [0.2, 0.25) is 0 Å². The Morgan fingerprint density at radius 1 is 1.40 bits per heavy atom. The van der Waals surface area contributed by atoms with Crippen molar-refractivity contribution in [3.63, 3.8) is 0 Å². The number of halogens is 1. The molecular formula is C11H14IN3. The number of fused-ring (bicyclic) bond motifs is 2. The van der Waals surface area contributed by atoms with E-state index in [1.54, 1.807) is 0 Å². The van der Waals surface area contributed by atoms with Crippen molar-refractivity contribution in [2.45, 2.75) is 12.6 Å². The van der Waals surface area contributed by atoms with E-state index in [4.69, 9.17) is 0 Å². The molecular weight excluding hydrogens is 301 g/mol. The van der Waals surface area contributed by atoms with E-state index in [2.05, 4.69) is 56.6 Å². The zero-order valence-electron chi connectivity index (χ0n) is 8.73. The van der Waals surface area contributed by atoms with Crippen molar-refractivity contribution >= 4 is 28.4 Å². The first kappa shape index (κ1) is 9.84. The largest absolute Gasteiger partial charge is 0.341 e. The van der Waals surface area contributed by atoms with Gasteiger partial charge in [-0.1, -0.05) is 0 Å². The molecule has 4 heteroatoms. The van der Waals surface area contributed by atoms with Crippen LogP contribution in [-0.4, -0.2) is 36.2 Å². The molecule has 2 aliphatic heterocycles. The highest BCUT2D eigenvalue weighted by atomic mass is 127. The van der Waals surface area contributed by atoms with E-state index in [9.17, 15) is 0 Å². The summed E-state index contributed by atoms with van der Waals surface area (Å²) in [7, 11) is 2.21. The van der Waals surface area contributed by atoms with Crippen molar-refractivity contribution < 1.29 is 0 Å². The van der Waals surface area contributed by atoms with Gasteiger partial charge in [-0.15, -0.1) is 0 Å². The number of pyridine rings is 1. The molecule has 0 amide bonds. The van der Waals surface area contributed by atoms with Crippen molar-refractivity contribution in [3.05, 3.63) is 21.9 Å². The molecule has 2 fully saturated rings. The highest BCUT2D eigenvalue weighted by Crippen LogP contribution is 2.35. The molecule has 0 N–H and O–H groups in total. The molecule has 2 unspecified atom stereocenters. The Labute approximate surface area is 104 Å². The predicted octanol–water partition coefficient (Wildman–Crippen LogP) is 1.78. The van der Waals surface area contributed by atoms with Crippen molar-refractivity contribution in [3.8, 4) is 0 Å². The average molecular weight is 315 g/mol. The Morgan fingerprint density at radius 2 is 2.27 bits per heavy atom. The number of hydrogen-bond donors (Lipinski definition) is 0. The summed E-state index contributed by atoms with van der Waals surface area (Å²) in [6.45, 7) is 2.44. The van der Waals surface area contributed by atoms with Crippen molar-refractivity contribution in [2.24, 2.45) is 5.92 Å². The Morgan fingerprint density at radius 3 is 2.87 bits per heavy atom. The van der Waals surface area contributed by atoms with E-state index in [1.807, 2.05) is 6.20 Å². The molecule has 3 nitrogen and oxygen atoms in total. The van der Waals surface area contributed by atoms with Crippen molar-refractivity contribution in [1.29, 1.82) is 0 Å². The first-order chi connectivity index (χ1) is 7.24. The molecule has 2 aliphatic rings. The van der Waals surface area contributed by atoms with Gasteiger partial charge in [0.25, 0.3) is 0 Å². The zero-order chi connectivity index (χ0) is 10.4. The number of anilines is 1. The van der Waals surface area contributed by atoms with E-state index in [0.29, 0.717) is 6.17 Å². The summed E-state index contributed by atoms with van der Waals surface area (Å²) in [5.74, 6) is 1.98. The van der Waals surface area contributed by atoms with E-state index >= 15 is 0 Å². The minimum Gasteiger partial charge on any atom is -0.341 e. The maximum absolute atomic E-state index is 4.51. The van der Waals surface area contributed by atoms with Gasteiger partial charge in [0, 0.05) is 22.9 Å². The Bertz CT molecular complexity index is 365. The molecule has 2 atom stereocenters. The summed E-state index contributed by atoms with van der Waals surface area (Å²) in [5, 5.41) is 0. The van der Waals surface area contributed by atoms with Crippen LogP contribution < -0.4 is 4.90 Å². The van der Waals surface area contributed by atoms with Crippen LogP contribution in [0, 0.1) is 9.49 Å². The van der Waals surface area contributed by atoms with Gasteiger partial charge in [0.05, 0.1) is 6.17 Å². The number of hydrogen-bond acceptors (Lipinski definition) is 3. The number of rotatable bonds is 1. The quantitative estimate of drug-likeness (QED) is 0.737. The molecule has 0 aliphatic carbocycles. The fraction of sp³-hybridized carbons (Fsp3) is 0.545. The maximum atomic E-state index is 4.51. The first-order valence-electron chi connectivity index (χ1n) is 5.32. The van der Waals surface area contributed by atoms with Crippen LogP contribution in [0.1, 0.15) is 6.42 Å². The number of aromatic nitrogens is 1. The van der Waals surface area contributed by atoms with Crippen molar-refractivity contribution in [2.75, 3.05) is 25.0 Å². The summed E-state index contributed by atoms with van der Waals surface area (Å²) >= 11 is 2.30. The molecule has 80 valence electrons. The van der Waals surface area contributed by atoms with Crippen LogP contribution in [0.3, 0.4) is 0 Å². The van der Waals surface area contributed by atoms with Crippen LogP contribution in [0.4, 0.5) is 5.82 Å². The molecule has 3 rings (SSSR count). The van der Waals surface area contributed by atoms with Crippen LogP contribution in [0.25, 0.3) is 0 Å². The van der Waals surface area contributed by atoms with E-state index in [1.165, 1.54) is 23.1 Å². The van der Waals surface area contributed by atoms with Gasteiger partial charge in [0.15, 0.2) is 0 Å². The van der Waals surface area contributed by atoms with Crippen LogP contribution >= 0.6 is 22.6 Å². The molecule has 2 saturated heterocycles. The van der Waals surface area contributed by atoms with Crippen molar-refractivity contribution in [1.82, 2.24) is 9.88 Å². The van der Waals surface area contributed by atoms with Gasteiger partial charge in [0.2, 0.25) is 0 Å². The molecule has 3 heterocycles. The lowest BCUT2D eigenvalue weighted by atomic mass is 10.2. The molecule has 2 bridgehead atoms. The highest BCUT2D eigenvalue weighted by Gasteiger charge is 2.41. The lowest BCUT2D eigenvalue weighted by molar-refractivity contribution is 0.273. The topological polar surface area (TPSA) is 19.4 Å². The summed E-state index contributed by atoms with van der Waals surface area (Å²) in [4.78, 5) is 9.38. The van der Waals surface area contributed by atoms with Gasteiger partial charge < -0.3 is 4.90 Å². The second-order valence-electron chi connectivity index (χ2n) is 4.51. The van der Waals surface area contributed by atoms with Gasteiger partial charge in [-0.25, -0.2) is 4.98 Å². The van der Waals surface area contributed by atoms with Gasteiger partial charge in [-0.05, 0) is 54.1 Å². The third-order valence-electron chi connectivity index (χ3n) is 3.42. The monoisotopic (exact) mass is 315 g/mol. The Hall–Kier alpha value is -0.360. The fourth-order valence-corrected chi connectivity index (χ4v) is 3.08. The SMILES string of the molecule is CN1CC2CC1N(c1ccc(I)cn1)C2. The van der Waals surface area contributed by atoms with Gasteiger partial charge >= 0.3 is 0 Å². The molecule has 0 aromatic carbocycles. The minimum absolute atomic E-state index is 0.586. The minimum atomic E-state index is 0.586. The van der Waals surface area contributed by atoms with Crippen LogP contribution in [0.15, 0.2) is 18.3 Å². The third kappa shape index (κ3) is 1.63. The standard InChI is InChI=1S/C11H14IN3/c1-14-6-8-4-11(14)15(7-8)10-3-2-9(12)5-13-10/h2-3,5,8,11H,4,6-7H2,1H3. The Balaban J connectivity index is 1.86. The molecule has 0 radical (unpaired) electrons. The fourth-order valence-electron chi connectivity index (χ4n) is 2.76. The second-order valence-corrected chi connectivity index (χ2v) is 5.75. The molecule has 0 spiro atoms. The number of nitrogens with zero attached hydrogens (tertiary/aromatic N) is 3. The summed E-state index contributed by atoms with van der Waals surface area (Å²) < 4.78 is 1.20. The highest BCUT2D eigenvalue weighted by molar-refractivity contribution is 14.1. The average Bonchev–Trinajstić information content (AvgIpc) is 2.77. The third-order valence-corrected chi connectivity index (χ3v) is 4.06. The number of likely N-dealkylation sites (tertiary alicyclic amines) is 1. The second kappa shape index (κ2) is 3.59. The van der Waals surface area contributed by atoms with Crippen LogP contribution in [0.5, 0.6) is 0 Å². The molecule has 1 aromatic heterocycles. The Kier molecular flexibility index (Phi) is 2.35. The van der Waals surface area contributed by atoms with Crippen LogP contribution in [-0.2, 0) is 0 Å². The van der Waals surface area contributed by atoms with Gasteiger partial charge in [0.1, 0.15) is 5.82 Å². The summed E-state index contributed by atoms with van der Waals surface area (Å²) in [6, 6.07) is 4.27. The lowest BCUT2D eigenvalue weighted by Crippen LogP contribution is -2.45.